The SMILES string of the molecule is COc1ccc(N2C(=O)C(=CC(C)=NOCCCCCCNCCc3ccccc3)C2c2ccccc2)cc1. The molecule has 1 aliphatic heterocycles. The molecule has 3 aromatic carbocycles. The Morgan fingerprint density at radius 2 is 1.59 bits per heavy atom. The van der Waals surface area contributed by atoms with Crippen LogP contribution in [-0.2, 0) is 16.1 Å². The number of anilines is 1. The van der Waals surface area contributed by atoms with Crippen molar-refractivity contribution >= 4 is 17.3 Å². The van der Waals surface area contributed by atoms with Crippen molar-refractivity contribution in [2.45, 2.75) is 45.1 Å². The number of oxime groups is 1. The van der Waals surface area contributed by atoms with Crippen LogP contribution in [-0.4, -0.2) is 38.4 Å². The molecule has 204 valence electrons. The molecule has 1 heterocycles. The first-order valence-corrected chi connectivity index (χ1v) is 13.8. The summed E-state index contributed by atoms with van der Waals surface area (Å²) in [7, 11) is 1.63. The third-order valence-electron chi connectivity index (χ3n) is 6.83. The lowest BCUT2D eigenvalue weighted by Gasteiger charge is -2.43. The van der Waals surface area contributed by atoms with Gasteiger partial charge in [-0.15, -0.1) is 0 Å². The zero-order chi connectivity index (χ0) is 27.3. The number of β-lactam (4-membered cyclic amide) rings is 1. The van der Waals surface area contributed by atoms with E-state index in [-0.39, 0.29) is 11.9 Å². The number of amides is 1. The highest BCUT2D eigenvalue weighted by molar-refractivity contribution is 6.18. The largest absolute Gasteiger partial charge is 0.497 e. The molecule has 1 unspecified atom stereocenters. The van der Waals surface area contributed by atoms with E-state index in [4.69, 9.17) is 9.57 Å². The topological polar surface area (TPSA) is 63.2 Å². The molecule has 4 rings (SSSR count). The molecule has 0 bridgehead atoms. The van der Waals surface area contributed by atoms with Crippen LogP contribution in [0, 0.1) is 0 Å². The van der Waals surface area contributed by atoms with E-state index in [9.17, 15) is 4.79 Å². The van der Waals surface area contributed by atoms with Gasteiger partial charge in [0.2, 0.25) is 0 Å². The molecule has 1 aliphatic rings. The number of rotatable bonds is 15. The molecular weight excluding hydrogens is 486 g/mol. The first-order chi connectivity index (χ1) is 19.2. The summed E-state index contributed by atoms with van der Waals surface area (Å²) in [5, 5.41) is 7.78. The molecule has 1 fully saturated rings. The maximum Gasteiger partial charge on any atom is 0.257 e. The lowest BCUT2D eigenvalue weighted by atomic mass is 9.86. The van der Waals surface area contributed by atoms with Crippen molar-refractivity contribution in [3.8, 4) is 5.75 Å². The molecule has 1 atom stereocenters. The molecule has 0 aliphatic carbocycles. The van der Waals surface area contributed by atoms with Crippen molar-refractivity contribution in [2.75, 3.05) is 31.7 Å². The minimum Gasteiger partial charge on any atom is -0.497 e. The Kier molecular flexibility index (Phi) is 10.7. The summed E-state index contributed by atoms with van der Waals surface area (Å²) in [6.07, 6.45) is 7.33. The monoisotopic (exact) mass is 525 g/mol. The number of carbonyl (C=O) groups excluding carboxylic acids is 1. The fourth-order valence-electron chi connectivity index (χ4n) is 4.73. The smallest absolute Gasteiger partial charge is 0.257 e. The van der Waals surface area contributed by atoms with Gasteiger partial charge in [0.05, 0.1) is 18.9 Å². The molecule has 39 heavy (non-hydrogen) atoms. The second kappa shape index (κ2) is 14.9. The number of benzene rings is 3. The number of nitrogens with zero attached hydrogens (tertiary/aromatic N) is 2. The fraction of sp³-hybridized carbons (Fsp3) is 0.333. The minimum absolute atomic E-state index is 0.0269. The number of methoxy groups -OCH3 is 1. The summed E-state index contributed by atoms with van der Waals surface area (Å²) in [5.41, 5.74) is 4.67. The van der Waals surface area contributed by atoms with Crippen LogP contribution in [0.4, 0.5) is 5.69 Å². The number of allylic oxidation sites excluding steroid dienone is 1. The van der Waals surface area contributed by atoms with Gasteiger partial charge in [-0.05, 0) is 87.2 Å². The highest BCUT2D eigenvalue weighted by Crippen LogP contribution is 2.43. The maximum atomic E-state index is 13.2. The quantitative estimate of drug-likeness (QED) is 0.0809. The summed E-state index contributed by atoms with van der Waals surface area (Å²) in [5.74, 6) is 0.732. The predicted molar refractivity (Wildman–Crippen MR) is 158 cm³/mol. The van der Waals surface area contributed by atoms with E-state index >= 15 is 0 Å². The first kappa shape index (κ1) is 28.1. The van der Waals surface area contributed by atoms with Gasteiger partial charge in [-0.1, -0.05) is 72.2 Å². The van der Waals surface area contributed by atoms with E-state index in [2.05, 4.69) is 40.8 Å². The van der Waals surface area contributed by atoms with Crippen molar-refractivity contribution in [3.05, 3.63) is 108 Å². The Bertz CT molecular complexity index is 1220. The van der Waals surface area contributed by atoms with Crippen molar-refractivity contribution in [3.63, 3.8) is 0 Å². The molecule has 6 heteroatoms. The average molecular weight is 526 g/mol. The predicted octanol–water partition coefficient (Wildman–Crippen LogP) is 6.49. The summed E-state index contributed by atoms with van der Waals surface area (Å²) in [4.78, 5) is 20.5. The van der Waals surface area contributed by atoms with Gasteiger partial charge in [0, 0.05) is 11.3 Å². The lowest BCUT2D eigenvalue weighted by molar-refractivity contribution is -0.119. The van der Waals surface area contributed by atoms with Crippen LogP contribution in [0.1, 0.15) is 49.8 Å². The van der Waals surface area contributed by atoms with E-state index in [0.29, 0.717) is 17.9 Å². The van der Waals surface area contributed by atoms with Crippen LogP contribution in [0.15, 0.2) is 102 Å². The number of carbonyl (C=O) groups is 1. The zero-order valence-corrected chi connectivity index (χ0v) is 23.0. The van der Waals surface area contributed by atoms with E-state index in [0.717, 1.165) is 55.8 Å². The molecule has 0 aromatic heterocycles. The van der Waals surface area contributed by atoms with Crippen LogP contribution in [0.5, 0.6) is 5.75 Å². The number of nitrogens with one attached hydrogen (secondary N) is 1. The summed E-state index contributed by atoms with van der Waals surface area (Å²) in [6.45, 7) is 4.51. The number of hydrogen-bond acceptors (Lipinski definition) is 5. The van der Waals surface area contributed by atoms with Crippen LogP contribution >= 0.6 is 0 Å². The Morgan fingerprint density at radius 1 is 0.897 bits per heavy atom. The zero-order valence-electron chi connectivity index (χ0n) is 23.0. The number of hydrogen-bond donors (Lipinski definition) is 1. The van der Waals surface area contributed by atoms with Gasteiger partial charge in [0.1, 0.15) is 12.4 Å². The van der Waals surface area contributed by atoms with E-state index < -0.39 is 0 Å². The van der Waals surface area contributed by atoms with Gasteiger partial charge in [0.25, 0.3) is 5.91 Å². The lowest BCUT2D eigenvalue weighted by Crippen LogP contribution is -2.49. The van der Waals surface area contributed by atoms with Crippen molar-refractivity contribution in [2.24, 2.45) is 5.16 Å². The van der Waals surface area contributed by atoms with Gasteiger partial charge in [-0.3, -0.25) is 9.69 Å². The average Bonchev–Trinajstić information content (AvgIpc) is 2.98. The third kappa shape index (κ3) is 8.04. The molecule has 0 saturated carbocycles. The van der Waals surface area contributed by atoms with Crippen LogP contribution < -0.4 is 15.0 Å². The molecule has 1 saturated heterocycles. The Labute approximate surface area is 232 Å². The molecule has 3 aromatic rings. The van der Waals surface area contributed by atoms with Gasteiger partial charge in [-0.25, -0.2) is 0 Å². The Hall–Kier alpha value is -3.90. The van der Waals surface area contributed by atoms with Crippen LogP contribution in [0.25, 0.3) is 0 Å². The number of unbranched alkanes of at least 4 members (excludes halogenated alkanes) is 3. The normalized spacial score (nSPS) is 16.3. The van der Waals surface area contributed by atoms with Gasteiger partial charge < -0.3 is 14.9 Å². The summed E-state index contributed by atoms with van der Waals surface area (Å²) in [6, 6.07) is 28.0. The van der Waals surface area contributed by atoms with E-state index in [1.807, 2.05) is 72.5 Å². The van der Waals surface area contributed by atoms with Crippen LogP contribution in [0.3, 0.4) is 0 Å². The van der Waals surface area contributed by atoms with Crippen molar-refractivity contribution in [1.82, 2.24) is 5.32 Å². The molecule has 0 spiro atoms. The highest BCUT2D eigenvalue weighted by Gasteiger charge is 2.43. The fourth-order valence-corrected chi connectivity index (χ4v) is 4.73. The van der Waals surface area contributed by atoms with Gasteiger partial charge >= 0.3 is 0 Å². The molecule has 1 amide bonds. The summed E-state index contributed by atoms with van der Waals surface area (Å²) < 4.78 is 5.27. The minimum atomic E-state index is -0.168. The molecule has 1 N–H and O–H groups in total. The van der Waals surface area contributed by atoms with Gasteiger partial charge in [0.15, 0.2) is 0 Å². The maximum absolute atomic E-state index is 13.2. The van der Waals surface area contributed by atoms with Crippen molar-refractivity contribution in [1.29, 1.82) is 0 Å². The second-order valence-electron chi connectivity index (χ2n) is 9.75. The van der Waals surface area contributed by atoms with E-state index in [1.54, 1.807) is 7.11 Å². The Morgan fingerprint density at radius 3 is 2.31 bits per heavy atom. The summed E-state index contributed by atoms with van der Waals surface area (Å²) >= 11 is 0. The van der Waals surface area contributed by atoms with Crippen molar-refractivity contribution < 1.29 is 14.4 Å². The molecule has 0 radical (unpaired) electrons. The molecule has 6 nitrogen and oxygen atoms in total. The molecular formula is C33H39N3O3. The standard InChI is InChI=1S/C33H39N3O3/c1-26(35-39-24-12-4-3-11-22-34-23-21-27-13-7-5-8-14-27)25-31-32(28-15-9-6-10-16-28)36(33(31)37)29-17-19-30(38-2)20-18-29/h5-10,13-20,25,32,34H,3-4,11-12,21-24H2,1-2H3. The Balaban J connectivity index is 1.20. The van der Waals surface area contributed by atoms with Gasteiger partial charge in [-0.2, -0.15) is 0 Å². The van der Waals surface area contributed by atoms with Crippen LogP contribution in [0.2, 0.25) is 0 Å². The third-order valence-corrected chi connectivity index (χ3v) is 6.83. The second-order valence-corrected chi connectivity index (χ2v) is 9.75. The highest BCUT2D eigenvalue weighted by atomic mass is 16.6. The number of ether oxygens (including phenoxy) is 1. The van der Waals surface area contributed by atoms with E-state index in [1.165, 1.54) is 12.0 Å². The first-order valence-electron chi connectivity index (χ1n) is 13.8.